The molecule has 21 heavy (non-hydrogen) atoms. The minimum atomic E-state index is -3.72. The van der Waals surface area contributed by atoms with Crippen LogP contribution in [0.3, 0.4) is 0 Å². The van der Waals surface area contributed by atoms with E-state index >= 15 is 0 Å². The Balaban J connectivity index is 1.90. The van der Waals surface area contributed by atoms with Gasteiger partial charge in [-0.3, -0.25) is 4.72 Å². The normalized spacial score (nSPS) is 14.0. The van der Waals surface area contributed by atoms with Crippen molar-refractivity contribution in [3.8, 4) is 11.5 Å². The lowest BCUT2D eigenvalue weighted by atomic mass is 10.3. The number of hydrogen-bond acceptors (Lipinski definition) is 6. The zero-order chi connectivity index (χ0) is 15.0. The number of benzene rings is 1. The Labute approximate surface area is 130 Å². The van der Waals surface area contributed by atoms with Gasteiger partial charge in [0.1, 0.15) is 13.2 Å². The van der Waals surface area contributed by atoms with Crippen LogP contribution in [0.15, 0.2) is 22.4 Å². The van der Waals surface area contributed by atoms with E-state index in [1.165, 1.54) is 0 Å². The highest BCUT2D eigenvalue weighted by atomic mass is 35.5. The van der Waals surface area contributed by atoms with Gasteiger partial charge < -0.3 is 9.47 Å². The molecule has 2 heterocycles. The zero-order valence-corrected chi connectivity index (χ0v) is 13.3. The Morgan fingerprint density at radius 1 is 1.29 bits per heavy atom. The molecule has 0 spiro atoms. The molecule has 1 aromatic carbocycles. The third-order valence-electron chi connectivity index (χ3n) is 2.77. The molecular formula is C12H11ClN2O4S2. The van der Waals surface area contributed by atoms with Crippen LogP contribution in [0.4, 0.5) is 5.69 Å². The maximum atomic E-state index is 12.3. The minimum Gasteiger partial charge on any atom is -0.486 e. The molecule has 1 aliphatic heterocycles. The Hall–Kier alpha value is -1.51. The van der Waals surface area contributed by atoms with Gasteiger partial charge in [0.05, 0.1) is 11.4 Å². The molecule has 0 bridgehead atoms. The van der Waals surface area contributed by atoms with Crippen molar-refractivity contribution >= 4 is 38.6 Å². The molecule has 0 radical (unpaired) electrons. The molecule has 1 aromatic heterocycles. The van der Waals surface area contributed by atoms with E-state index in [1.807, 2.05) is 0 Å². The van der Waals surface area contributed by atoms with Gasteiger partial charge in [0.2, 0.25) is 0 Å². The van der Waals surface area contributed by atoms with Crippen LogP contribution in [0.25, 0.3) is 0 Å². The summed E-state index contributed by atoms with van der Waals surface area (Å²) in [4.78, 5) is 3.91. The molecule has 0 amide bonds. The SMILES string of the molecule is Cc1nc(Cl)sc1S(=O)(=O)Nc1ccc2c(c1)OCCO2. The Morgan fingerprint density at radius 3 is 2.67 bits per heavy atom. The Bertz CT molecular complexity index is 789. The van der Waals surface area contributed by atoms with E-state index in [9.17, 15) is 8.42 Å². The summed E-state index contributed by atoms with van der Waals surface area (Å²) < 4.78 is 38.3. The first kappa shape index (κ1) is 14.4. The van der Waals surface area contributed by atoms with Gasteiger partial charge in [0, 0.05) is 6.07 Å². The fourth-order valence-corrected chi connectivity index (χ4v) is 4.70. The van der Waals surface area contributed by atoms with Crippen molar-refractivity contribution in [1.82, 2.24) is 4.98 Å². The van der Waals surface area contributed by atoms with Crippen molar-refractivity contribution < 1.29 is 17.9 Å². The van der Waals surface area contributed by atoms with Crippen LogP contribution in [0, 0.1) is 6.92 Å². The summed E-state index contributed by atoms with van der Waals surface area (Å²) in [5.41, 5.74) is 0.762. The molecule has 0 unspecified atom stereocenters. The van der Waals surface area contributed by atoms with Crippen LogP contribution < -0.4 is 14.2 Å². The van der Waals surface area contributed by atoms with Gasteiger partial charge in [-0.25, -0.2) is 13.4 Å². The maximum Gasteiger partial charge on any atom is 0.273 e. The van der Waals surface area contributed by atoms with Crippen LogP contribution >= 0.6 is 22.9 Å². The number of aromatic nitrogens is 1. The lowest BCUT2D eigenvalue weighted by Gasteiger charge is -2.19. The van der Waals surface area contributed by atoms with Crippen molar-refractivity contribution in [2.45, 2.75) is 11.1 Å². The number of rotatable bonds is 3. The average Bonchev–Trinajstić information content (AvgIpc) is 2.78. The van der Waals surface area contributed by atoms with Gasteiger partial charge >= 0.3 is 0 Å². The lowest BCUT2D eigenvalue weighted by Crippen LogP contribution is -2.16. The molecule has 6 nitrogen and oxygen atoms in total. The quantitative estimate of drug-likeness (QED) is 0.924. The molecule has 0 atom stereocenters. The lowest BCUT2D eigenvalue weighted by molar-refractivity contribution is 0.171. The summed E-state index contributed by atoms with van der Waals surface area (Å²) >= 11 is 6.67. The van der Waals surface area contributed by atoms with Crippen molar-refractivity contribution in [2.75, 3.05) is 17.9 Å². The predicted molar refractivity (Wildman–Crippen MR) is 80.1 cm³/mol. The van der Waals surface area contributed by atoms with Gasteiger partial charge in [-0.05, 0) is 19.1 Å². The summed E-state index contributed by atoms with van der Waals surface area (Å²) in [6.07, 6.45) is 0. The number of ether oxygens (including phenoxy) is 2. The largest absolute Gasteiger partial charge is 0.486 e. The van der Waals surface area contributed by atoms with E-state index in [0.717, 1.165) is 11.3 Å². The summed E-state index contributed by atoms with van der Waals surface area (Å²) in [5, 5.41) is 0. The molecule has 0 saturated heterocycles. The molecule has 0 fully saturated rings. The smallest absolute Gasteiger partial charge is 0.273 e. The highest BCUT2D eigenvalue weighted by molar-refractivity contribution is 7.94. The van der Waals surface area contributed by atoms with E-state index in [2.05, 4.69) is 9.71 Å². The number of halogens is 1. The summed E-state index contributed by atoms with van der Waals surface area (Å²) in [7, 11) is -3.72. The van der Waals surface area contributed by atoms with E-state index in [1.54, 1.807) is 25.1 Å². The van der Waals surface area contributed by atoms with Crippen molar-refractivity contribution in [1.29, 1.82) is 0 Å². The molecule has 1 N–H and O–H groups in total. The van der Waals surface area contributed by atoms with Crippen molar-refractivity contribution in [2.24, 2.45) is 0 Å². The number of anilines is 1. The number of sulfonamides is 1. The monoisotopic (exact) mass is 346 g/mol. The minimum absolute atomic E-state index is 0.0994. The standard InChI is InChI=1S/C12H11ClN2O4S2/c1-7-11(20-12(13)14-7)21(16,17)15-8-2-3-9-10(6-8)19-5-4-18-9/h2-3,6,15H,4-5H2,1H3. The van der Waals surface area contributed by atoms with Crippen molar-refractivity contribution in [3.63, 3.8) is 0 Å². The predicted octanol–water partition coefficient (Wildman–Crippen LogP) is 2.68. The third-order valence-corrected chi connectivity index (χ3v) is 6.02. The number of fused-ring (bicyclic) bond motifs is 1. The molecule has 0 aliphatic carbocycles. The number of nitrogens with one attached hydrogen (secondary N) is 1. The highest BCUT2D eigenvalue weighted by Crippen LogP contribution is 2.34. The first-order valence-electron chi connectivity index (χ1n) is 6.01. The zero-order valence-electron chi connectivity index (χ0n) is 10.9. The second-order valence-electron chi connectivity index (χ2n) is 4.30. The van der Waals surface area contributed by atoms with Gasteiger partial charge in [-0.1, -0.05) is 22.9 Å². The van der Waals surface area contributed by atoms with Crippen LogP contribution in [0.5, 0.6) is 11.5 Å². The van der Waals surface area contributed by atoms with Crippen molar-refractivity contribution in [3.05, 3.63) is 28.4 Å². The molecule has 2 aromatic rings. The van der Waals surface area contributed by atoms with Crippen LogP contribution in [-0.4, -0.2) is 26.6 Å². The molecular weight excluding hydrogens is 336 g/mol. The van der Waals surface area contributed by atoms with E-state index < -0.39 is 10.0 Å². The number of aryl methyl sites for hydroxylation is 1. The fraction of sp³-hybridized carbons (Fsp3) is 0.250. The topological polar surface area (TPSA) is 77.5 Å². The van der Waals surface area contributed by atoms with E-state index in [4.69, 9.17) is 21.1 Å². The fourth-order valence-electron chi connectivity index (χ4n) is 1.91. The van der Waals surface area contributed by atoms with Crippen LogP contribution in [0.1, 0.15) is 5.69 Å². The van der Waals surface area contributed by atoms with Crippen LogP contribution in [-0.2, 0) is 10.0 Å². The Kier molecular flexibility index (Phi) is 3.68. The molecule has 112 valence electrons. The van der Waals surface area contributed by atoms with Gasteiger partial charge in [-0.15, -0.1) is 0 Å². The number of hydrogen-bond donors (Lipinski definition) is 1. The summed E-state index contributed by atoms with van der Waals surface area (Å²) in [6, 6.07) is 4.87. The molecule has 3 rings (SSSR count). The van der Waals surface area contributed by atoms with Gasteiger partial charge in [0.25, 0.3) is 10.0 Å². The first-order chi connectivity index (χ1) is 9.95. The van der Waals surface area contributed by atoms with Gasteiger partial charge in [0.15, 0.2) is 20.2 Å². The second kappa shape index (κ2) is 5.36. The van der Waals surface area contributed by atoms with Gasteiger partial charge in [-0.2, -0.15) is 0 Å². The highest BCUT2D eigenvalue weighted by Gasteiger charge is 2.22. The summed E-state index contributed by atoms with van der Waals surface area (Å²) in [5.74, 6) is 1.11. The number of nitrogens with zero attached hydrogens (tertiary/aromatic N) is 1. The third kappa shape index (κ3) is 2.92. The van der Waals surface area contributed by atoms with Crippen LogP contribution in [0.2, 0.25) is 4.47 Å². The Morgan fingerprint density at radius 2 is 2.00 bits per heavy atom. The number of thiazole rings is 1. The van der Waals surface area contributed by atoms with E-state index in [0.29, 0.717) is 36.1 Å². The summed E-state index contributed by atoms with van der Waals surface area (Å²) in [6.45, 7) is 2.52. The maximum absolute atomic E-state index is 12.3. The molecule has 0 saturated carbocycles. The first-order valence-corrected chi connectivity index (χ1v) is 8.69. The molecule has 9 heteroatoms. The molecule has 1 aliphatic rings. The second-order valence-corrected chi connectivity index (χ2v) is 7.76. The average molecular weight is 347 g/mol. The van der Waals surface area contributed by atoms with E-state index in [-0.39, 0.29) is 8.68 Å².